The molecule has 2 aliphatic rings. The molecule has 1 amide bonds. The highest BCUT2D eigenvalue weighted by molar-refractivity contribution is 5.95. The lowest BCUT2D eigenvalue weighted by Gasteiger charge is -2.48. The third kappa shape index (κ3) is 5.88. The molecule has 3 N–H and O–H groups in total. The van der Waals surface area contributed by atoms with Crippen LogP contribution in [0.15, 0.2) is 17.1 Å². The number of nitrogens with one attached hydrogen (secondary N) is 3. The Morgan fingerprint density at radius 1 is 1.10 bits per heavy atom. The lowest BCUT2D eigenvalue weighted by Crippen LogP contribution is -2.60. The number of ether oxygens (including phenoxy) is 1. The zero-order valence-electron chi connectivity index (χ0n) is 17.8. The first-order valence-electron chi connectivity index (χ1n) is 10.7. The second-order valence-corrected chi connectivity index (χ2v) is 7.93. The van der Waals surface area contributed by atoms with Crippen molar-refractivity contribution in [1.82, 2.24) is 15.5 Å². The van der Waals surface area contributed by atoms with Crippen LogP contribution in [0, 0.1) is 17.5 Å². The van der Waals surface area contributed by atoms with Crippen LogP contribution in [0.3, 0.4) is 0 Å². The predicted octanol–water partition coefficient (Wildman–Crippen LogP) is 2.24. The number of guanidine groups is 1. The summed E-state index contributed by atoms with van der Waals surface area (Å²) in [5.74, 6) is -4.52. The van der Waals surface area contributed by atoms with E-state index in [1.54, 1.807) is 7.05 Å². The van der Waals surface area contributed by atoms with Gasteiger partial charge >= 0.3 is 0 Å². The van der Waals surface area contributed by atoms with Crippen molar-refractivity contribution in [2.75, 3.05) is 51.8 Å². The summed E-state index contributed by atoms with van der Waals surface area (Å²) in [6, 6.07) is 1.74. The first kappa shape index (κ1) is 23.3. The number of aliphatic imine (C=N–C) groups is 1. The molecule has 1 aromatic rings. The molecule has 10 heteroatoms. The molecule has 0 radical (unpaired) electrons. The minimum atomic E-state index is -1.62. The van der Waals surface area contributed by atoms with E-state index < -0.39 is 29.0 Å². The van der Waals surface area contributed by atoms with Gasteiger partial charge in [-0.1, -0.05) is 19.3 Å². The number of amides is 1. The van der Waals surface area contributed by atoms with Crippen molar-refractivity contribution in [1.29, 1.82) is 0 Å². The number of halogens is 3. The van der Waals surface area contributed by atoms with E-state index in [1.165, 1.54) is 19.3 Å². The topological polar surface area (TPSA) is 78.0 Å². The number of hydrogen-bond donors (Lipinski definition) is 3. The molecule has 172 valence electrons. The average molecular weight is 441 g/mol. The van der Waals surface area contributed by atoms with Crippen molar-refractivity contribution in [2.45, 2.75) is 37.6 Å². The summed E-state index contributed by atoms with van der Waals surface area (Å²) in [7, 11) is 1.60. The normalized spacial score (nSPS) is 19.7. The van der Waals surface area contributed by atoms with Crippen LogP contribution in [0.1, 0.15) is 32.1 Å². The molecule has 1 saturated carbocycles. The summed E-state index contributed by atoms with van der Waals surface area (Å²) in [5, 5.41) is 8.44. The predicted molar refractivity (Wildman–Crippen MR) is 113 cm³/mol. The van der Waals surface area contributed by atoms with Crippen LogP contribution in [0.5, 0.6) is 0 Å². The van der Waals surface area contributed by atoms with E-state index in [1.807, 2.05) is 0 Å². The fraction of sp³-hybridized carbons (Fsp3) is 0.619. The van der Waals surface area contributed by atoms with Gasteiger partial charge in [0.15, 0.2) is 23.4 Å². The van der Waals surface area contributed by atoms with Gasteiger partial charge in [0.25, 0.3) is 0 Å². The van der Waals surface area contributed by atoms with Crippen molar-refractivity contribution in [3.05, 3.63) is 29.6 Å². The number of carbonyl (C=O) groups is 1. The Bertz CT molecular complexity index is 793. The Morgan fingerprint density at radius 2 is 1.81 bits per heavy atom. The summed E-state index contributed by atoms with van der Waals surface area (Å²) in [6.45, 7) is 3.74. The van der Waals surface area contributed by atoms with Crippen molar-refractivity contribution < 1.29 is 22.7 Å². The van der Waals surface area contributed by atoms with Gasteiger partial charge in [-0.15, -0.1) is 0 Å². The van der Waals surface area contributed by atoms with Crippen molar-refractivity contribution in [3.63, 3.8) is 0 Å². The van der Waals surface area contributed by atoms with Gasteiger partial charge in [0.2, 0.25) is 5.91 Å². The lowest BCUT2D eigenvalue weighted by molar-refractivity contribution is -0.115. The number of morpholine rings is 1. The second kappa shape index (κ2) is 10.8. The number of nitrogens with zero attached hydrogens (tertiary/aromatic N) is 2. The van der Waals surface area contributed by atoms with Crippen molar-refractivity contribution >= 4 is 17.6 Å². The zero-order valence-corrected chi connectivity index (χ0v) is 17.8. The molecule has 0 atom stereocenters. The number of rotatable bonds is 6. The van der Waals surface area contributed by atoms with E-state index in [-0.39, 0.29) is 12.1 Å². The summed E-state index contributed by atoms with van der Waals surface area (Å²) in [6.07, 6.45) is 5.76. The molecule has 0 unspecified atom stereocenters. The first-order valence-corrected chi connectivity index (χ1v) is 10.7. The summed E-state index contributed by atoms with van der Waals surface area (Å²) < 4.78 is 45.6. The zero-order chi connectivity index (χ0) is 22.3. The molecule has 0 aromatic heterocycles. The molecule has 1 saturated heterocycles. The molecular weight excluding hydrogens is 411 g/mol. The second-order valence-electron chi connectivity index (χ2n) is 7.93. The lowest BCUT2D eigenvalue weighted by atomic mass is 9.80. The van der Waals surface area contributed by atoms with Crippen LogP contribution in [0.4, 0.5) is 18.9 Å². The fourth-order valence-corrected chi connectivity index (χ4v) is 4.30. The summed E-state index contributed by atoms with van der Waals surface area (Å²) in [5.41, 5.74) is -0.390. The minimum absolute atomic E-state index is 0.0245. The number of carbonyl (C=O) groups excluding carboxylic acids is 1. The van der Waals surface area contributed by atoms with Gasteiger partial charge in [0.05, 0.1) is 25.4 Å². The Balaban J connectivity index is 1.53. The maximum atomic E-state index is 13.7. The van der Waals surface area contributed by atoms with Gasteiger partial charge in [-0.25, -0.2) is 13.2 Å². The molecule has 31 heavy (non-hydrogen) atoms. The third-order valence-corrected chi connectivity index (χ3v) is 6.00. The number of anilines is 1. The molecule has 7 nitrogen and oxygen atoms in total. The number of hydrogen-bond acceptors (Lipinski definition) is 4. The number of benzene rings is 1. The van der Waals surface area contributed by atoms with E-state index >= 15 is 0 Å². The van der Waals surface area contributed by atoms with Crippen LogP contribution < -0.4 is 16.0 Å². The molecule has 0 bridgehead atoms. The van der Waals surface area contributed by atoms with Gasteiger partial charge in [0, 0.05) is 32.2 Å². The maximum absolute atomic E-state index is 13.7. The fourth-order valence-electron chi connectivity index (χ4n) is 4.30. The first-order chi connectivity index (χ1) is 14.9. The van der Waals surface area contributed by atoms with Gasteiger partial charge in [-0.2, -0.15) is 0 Å². The van der Waals surface area contributed by atoms with Gasteiger partial charge in [-0.3, -0.25) is 14.7 Å². The molecule has 1 aromatic carbocycles. The van der Waals surface area contributed by atoms with E-state index in [9.17, 15) is 18.0 Å². The molecule has 1 heterocycles. The van der Waals surface area contributed by atoms with Crippen LogP contribution in [0.2, 0.25) is 0 Å². The summed E-state index contributed by atoms with van der Waals surface area (Å²) >= 11 is 0. The Morgan fingerprint density at radius 3 is 2.48 bits per heavy atom. The largest absolute Gasteiger partial charge is 0.379 e. The van der Waals surface area contributed by atoms with Gasteiger partial charge in [-0.05, 0) is 25.0 Å². The van der Waals surface area contributed by atoms with Crippen LogP contribution in [0.25, 0.3) is 0 Å². The molecule has 1 aliphatic carbocycles. The highest BCUT2D eigenvalue weighted by Crippen LogP contribution is 2.33. The average Bonchev–Trinajstić information content (AvgIpc) is 2.81. The van der Waals surface area contributed by atoms with Crippen molar-refractivity contribution in [3.8, 4) is 0 Å². The molecule has 3 rings (SSSR count). The van der Waals surface area contributed by atoms with Crippen LogP contribution >= 0.6 is 0 Å². The maximum Gasteiger partial charge on any atom is 0.243 e. The third-order valence-electron chi connectivity index (χ3n) is 6.00. The molecule has 0 spiro atoms. The van der Waals surface area contributed by atoms with E-state index in [4.69, 9.17) is 4.74 Å². The Kier molecular flexibility index (Phi) is 8.14. The monoisotopic (exact) mass is 441 g/mol. The van der Waals surface area contributed by atoms with Gasteiger partial charge in [0.1, 0.15) is 0 Å². The minimum Gasteiger partial charge on any atom is -0.379 e. The SMILES string of the molecule is CN=C(NCC(=O)Nc1ccc(F)c(F)c1F)NCC1(N2CCOCC2)CCCCC1. The molecule has 2 fully saturated rings. The van der Waals surface area contributed by atoms with Crippen molar-refractivity contribution in [2.24, 2.45) is 4.99 Å². The molecule has 1 aliphatic heterocycles. The van der Waals surface area contributed by atoms with E-state index in [2.05, 4.69) is 25.8 Å². The van der Waals surface area contributed by atoms with E-state index in [0.717, 1.165) is 51.3 Å². The summed E-state index contributed by atoms with van der Waals surface area (Å²) in [4.78, 5) is 18.8. The van der Waals surface area contributed by atoms with Gasteiger partial charge < -0.3 is 20.7 Å². The molecular formula is C21H30F3N5O2. The highest BCUT2D eigenvalue weighted by Gasteiger charge is 2.38. The van der Waals surface area contributed by atoms with Crippen LogP contribution in [-0.4, -0.2) is 68.7 Å². The standard InChI is InChI=1S/C21H30F3N5O2/c1-25-20(26-13-17(30)28-16-6-5-15(22)18(23)19(16)24)27-14-21(7-3-2-4-8-21)29-9-11-31-12-10-29/h5-6H,2-4,7-14H2,1H3,(H,28,30)(H2,25,26,27). The quantitative estimate of drug-likeness (QED) is 0.359. The Hall–Kier alpha value is -2.33. The smallest absolute Gasteiger partial charge is 0.243 e. The highest BCUT2D eigenvalue weighted by atomic mass is 19.2. The van der Waals surface area contributed by atoms with E-state index in [0.29, 0.717) is 12.5 Å². The Labute approximate surface area is 180 Å². The van der Waals surface area contributed by atoms with Crippen LogP contribution in [-0.2, 0) is 9.53 Å².